The van der Waals surface area contributed by atoms with Crippen molar-refractivity contribution in [3.8, 4) is 5.88 Å². The number of nitrogens with zero attached hydrogens (tertiary/aromatic N) is 5. The van der Waals surface area contributed by atoms with Gasteiger partial charge >= 0.3 is 17.3 Å². The number of benzene rings is 3. The van der Waals surface area contributed by atoms with Gasteiger partial charge in [-0.1, -0.05) is 11.3 Å². The molecule has 0 fully saturated rings. The number of methoxy groups -OCH3 is 1. The first kappa shape index (κ1) is 39.4. The highest BCUT2D eigenvalue weighted by Crippen LogP contribution is 2.38. The highest BCUT2D eigenvalue weighted by Gasteiger charge is 2.29. The third-order valence-corrected chi connectivity index (χ3v) is 11.1. The highest BCUT2D eigenvalue weighted by molar-refractivity contribution is 7.93. The molecule has 21 nitrogen and oxygen atoms in total. The van der Waals surface area contributed by atoms with Crippen molar-refractivity contribution < 1.29 is 45.7 Å². The second kappa shape index (κ2) is 16.1. The Bertz CT molecular complexity index is 2480. The van der Waals surface area contributed by atoms with E-state index in [9.17, 15) is 46.7 Å². The summed E-state index contributed by atoms with van der Waals surface area (Å²) in [5.41, 5.74) is -2.45. The molecular formula is C31H27N9O12S3. The maximum Gasteiger partial charge on any atom is 0.350 e. The minimum absolute atomic E-state index is 0.0283. The Balaban J connectivity index is 1.32. The summed E-state index contributed by atoms with van der Waals surface area (Å²) < 4.78 is 65.9. The number of esters is 1. The first-order valence-electron chi connectivity index (χ1n) is 15.3. The predicted octanol–water partition coefficient (Wildman–Crippen LogP) is 4.84. The van der Waals surface area contributed by atoms with E-state index in [0.717, 1.165) is 47.7 Å². The summed E-state index contributed by atoms with van der Waals surface area (Å²) in [5.74, 6) is -1.60. The van der Waals surface area contributed by atoms with E-state index in [1.807, 2.05) is 0 Å². The number of nitro groups is 2. The average Bonchev–Trinajstić information content (AvgIpc) is 3.50. The number of nitrogens with one attached hydrogen (secondary N) is 4. The molecule has 0 atom stereocenters. The quantitative estimate of drug-likeness (QED) is 0.0624. The molecule has 0 radical (unpaired) electrons. The van der Waals surface area contributed by atoms with E-state index in [1.165, 1.54) is 50.4 Å². The van der Waals surface area contributed by atoms with Crippen LogP contribution in [0.4, 0.5) is 39.4 Å². The molecule has 24 heteroatoms. The largest absolute Gasteiger partial charge is 0.480 e. The maximum atomic E-state index is 13.2. The lowest BCUT2D eigenvalue weighted by atomic mass is 10.1. The second-order valence-corrected chi connectivity index (χ2v) is 15.2. The normalized spacial score (nSPS) is 11.3. The van der Waals surface area contributed by atoms with Crippen LogP contribution in [-0.2, 0) is 24.8 Å². The van der Waals surface area contributed by atoms with Gasteiger partial charge in [0.1, 0.15) is 4.88 Å². The van der Waals surface area contributed by atoms with E-state index >= 15 is 0 Å². The molecule has 2 heterocycles. The molecule has 3 aromatic carbocycles. The zero-order valence-corrected chi connectivity index (χ0v) is 30.9. The van der Waals surface area contributed by atoms with Crippen LogP contribution in [0.2, 0.25) is 0 Å². The van der Waals surface area contributed by atoms with Gasteiger partial charge in [0.15, 0.2) is 16.6 Å². The van der Waals surface area contributed by atoms with Crippen LogP contribution in [0, 0.1) is 27.2 Å². The standard InChI is InChI=1S/C31H27N9O12S3/c1-4-52-30(42)28-17(2)32-31(53-28)38-55(49,50)22-11-7-20(8-12-22)34-29(41)18-15-23(39(43)44)27(24(16-18)40(45)46)33-19-5-9-21(10-6-19)54(47,48)37-25-13-14-26(51-3)36-35-25/h5-16,33H,4H2,1-3H3,(H,32,38)(H,34,41)(H,35,37). The molecule has 0 unspecified atom stereocenters. The van der Waals surface area contributed by atoms with Gasteiger partial charge in [-0.25, -0.2) is 26.6 Å². The lowest BCUT2D eigenvalue weighted by Crippen LogP contribution is -2.15. The summed E-state index contributed by atoms with van der Waals surface area (Å²) >= 11 is 0.784. The van der Waals surface area contributed by atoms with Gasteiger partial charge in [0.2, 0.25) is 5.88 Å². The zero-order valence-electron chi connectivity index (χ0n) is 28.5. The summed E-state index contributed by atoms with van der Waals surface area (Å²) in [6.45, 7) is 3.25. The molecule has 0 bridgehead atoms. The van der Waals surface area contributed by atoms with E-state index in [4.69, 9.17) is 9.47 Å². The molecule has 286 valence electrons. The van der Waals surface area contributed by atoms with Crippen molar-refractivity contribution in [1.29, 1.82) is 0 Å². The van der Waals surface area contributed by atoms with Crippen molar-refractivity contribution in [2.24, 2.45) is 0 Å². The Labute approximate surface area is 315 Å². The van der Waals surface area contributed by atoms with Crippen molar-refractivity contribution >= 4 is 82.6 Å². The van der Waals surface area contributed by atoms with Gasteiger partial charge in [0.05, 0.1) is 44.6 Å². The van der Waals surface area contributed by atoms with E-state index < -0.39 is 64.4 Å². The molecule has 0 aliphatic carbocycles. The van der Waals surface area contributed by atoms with E-state index in [-0.39, 0.29) is 55.2 Å². The Hall–Kier alpha value is -6.79. The number of rotatable bonds is 15. The summed E-state index contributed by atoms with van der Waals surface area (Å²) in [5, 5.41) is 36.4. The topological polar surface area (TPSA) is 294 Å². The number of ether oxygens (including phenoxy) is 2. The van der Waals surface area contributed by atoms with Gasteiger partial charge in [-0.3, -0.25) is 34.5 Å². The third kappa shape index (κ3) is 9.24. The summed E-state index contributed by atoms with van der Waals surface area (Å²) in [7, 11) is -7.01. The van der Waals surface area contributed by atoms with Crippen molar-refractivity contribution in [1.82, 2.24) is 15.2 Å². The smallest absolute Gasteiger partial charge is 0.350 e. The third-order valence-electron chi connectivity index (χ3n) is 7.18. The minimum atomic E-state index is -4.20. The fourth-order valence-corrected chi connectivity index (χ4v) is 7.71. The number of anilines is 5. The number of carbonyl (C=O) groups is 2. The number of hydrogen-bond acceptors (Lipinski definition) is 17. The number of hydrogen-bond donors (Lipinski definition) is 4. The Kier molecular flexibility index (Phi) is 11.5. The molecule has 2 aromatic heterocycles. The predicted molar refractivity (Wildman–Crippen MR) is 197 cm³/mol. The van der Waals surface area contributed by atoms with Crippen molar-refractivity contribution in [3.63, 3.8) is 0 Å². The average molecular weight is 814 g/mol. The molecule has 0 saturated carbocycles. The molecule has 0 spiro atoms. The first-order valence-corrected chi connectivity index (χ1v) is 19.1. The van der Waals surface area contributed by atoms with E-state index in [0.29, 0.717) is 0 Å². The van der Waals surface area contributed by atoms with E-state index in [2.05, 4.69) is 35.3 Å². The van der Waals surface area contributed by atoms with Crippen LogP contribution in [0.5, 0.6) is 5.88 Å². The molecule has 5 rings (SSSR count). The zero-order chi connectivity index (χ0) is 40.1. The van der Waals surface area contributed by atoms with Gasteiger partial charge in [0.25, 0.3) is 26.0 Å². The monoisotopic (exact) mass is 813 g/mol. The lowest BCUT2D eigenvalue weighted by Gasteiger charge is -2.12. The molecule has 0 aliphatic rings. The molecule has 5 aromatic rings. The van der Waals surface area contributed by atoms with Crippen molar-refractivity contribution in [2.75, 3.05) is 33.8 Å². The molecule has 4 N–H and O–H groups in total. The first-order chi connectivity index (χ1) is 26.0. The highest BCUT2D eigenvalue weighted by atomic mass is 32.2. The van der Waals surface area contributed by atoms with Crippen LogP contribution >= 0.6 is 11.3 Å². The number of nitro benzene ring substituents is 2. The second-order valence-electron chi connectivity index (χ2n) is 10.9. The number of aryl methyl sites for hydroxylation is 1. The van der Waals surface area contributed by atoms with Crippen molar-refractivity contribution in [2.45, 2.75) is 23.6 Å². The number of carbonyl (C=O) groups excluding carboxylic acids is 2. The molecule has 0 aliphatic heterocycles. The van der Waals surface area contributed by atoms with Crippen LogP contribution in [0.1, 0.15) is 32.6 Å². The van der Waals surface area contributed by atoms with Crippen LogP contribution in [-0.4, -0.2) is 67.5 Å². The summed E-state index contributed by atoms with van der Waals surface area (Å²) in [6, 6.07) is 13.7. The van der Waals surface area contributed by atoms with Crippen molar-refractivity contribution in [3.05, 3.63) is 109 Å². The number of thiazole rings is 1. The van der Waals surface area contributed by atoms with Gasteiger partial charge in [-0.15, -0.1) is 10.2 Å². The Morgan fingerprint density at radius 2 is 1.38 bits per heavy atom. The maximum absolute atomic E-state index is 13.2. The Morgan fingerprint density at radius 3 is 1.89 bits per heavy atom. The minimum Gasteiger partial charge on any atom is -0.480 e. The number of aromatic nitrogens is 3. The van der Waals surface area contributed by atoms with Gasteiger partial charge in [0, 0.05) is 29.6 Å². The van der Waals surface area contributed by atoms with Crippen LogP contribution in [0.3, 0.4) is 0 Å². The molecule has 55 heavy (non-hydrogen) atoms. The Morgan fingerprint density at radius 1 is 0.818 bits per heavy atom. The van der Waals surface area contributed by atoms with Gasteiger partial charge in [-0.05, 0) is 68.4 Å². The van der Waals surface area contributed by atoms with Gasteiger partial charge in [-0.2, -0.15) is 0 Å². The van der Waals surface area contributed by atoms with Crippen LogP contribution < -0.4 is 24.8 Å². The van der Waals surface area contributed by atoms with Gasteiger partial charge < -0.3 is 20.1 Å². The molecule has 1 amide bonds. The molecular weight excluding hydrogens is 787 g/mol. The SMILES string of the molecule is CCOC(=O)c1sc(NS(=O)(=O)c2ccc(NC(=O)c3cc([N+](=O)[O-])c(Nc4ccc(S(=O)(=O)Nc5ccc(OC)nn5)cc4)c([N+](=O)[O-])c3)cc2)nc1C. The summed E-state index contributed by atoms with van der Waals surface area (Å²) in [4.78, 5) is 51.2. The fraction of sp³-hybridized carbons (Fsp3) is 0.129. The number of sulfonamides is 2. The number of amides is 1. The van der Waals surface area contributed by atoms with Crippen LogP contribution in [0.25, 0.3) is 0 Å². The lowest BCUT2D eigenvalue weighted by molar-refractivity contribution is -0.392. The summed E-state index contributed by atoms with van der Waals surface area (Å²) in [6.07, 6.45) is 0. The molecule has 0 saturated heterocycles. The fourth-order valence-electron chi connectivity index (χ4n) is 4.62. The van der Waals surface area contributed by atoms with E-state index in [1.54, 1.807) is 6.92 Å². The van der Waals surface area contributed by atoms with Crippen LogP contribution in [0.15, 0.2) is 82.6 Å².